The summed E-state index contributed by atoms with van der Waals surface area (Å²) in [6.45, 7) is 0.153. The summed E-state index contributed by atoms with van der Waals surface area (Å²) < 4.78 is 54.9. The molecule has 0 fully saturated rings. The number of rotatable bonds is 4. The predicted molar refractivity (Wildman–Crippen MR) is 115 cm³/mol. The summed E-state index contributed by atoms with van der Waals surface area (Å²) in [4.78, 5) is 26.2. The second-order valence-electron chi connectivity index (χ2n) is 8.13. The van der Waals surface area contributed by atoms with E-state index in [9.17, 15) is 18.0 Å². The molecule has 1 aromatic carbocycles. The Balaban J connectivity index is 1.46. The van der Waals surface area contributed by atoms with E-state index in [-0.39, 0.29) is 29.5 Å². The monoisotopic (exact) mass is 482 g/mol. The summed E-state index contributed by atoms with van der Waals surface area (Å²) in [5.74, 6) is -1.90. The fraction of sp³-hybridized carbons (Fsp3) is 0.217. The number of H-pyrrole nitrogens is 1. The van der Waals surface area contributed by atoms with Crippen molar-refractivity contribution in [2.45, 2.75) is 18.9 Å². The third-order valence-corrected chi connectivity index (χ3v) is 5.96. The molecule has 1 aliphatic rings. The smallest absolute Gasteiger partial charge is 0.292 e. The Morgan fingerprint density at radius 3 is 2.86 bits per heavy atom. The molecule has 1 N–H and O–H groups in total. The summed E-state index contributed by atoms with van der Waals surface area (Å²) in [5.41, 5.74) is 0.708. The number of oxazole rings is 1. The van der Waals surface area contributed by atoms with Crippen molar-refractivity contribution in [3.63, 3.8) is 0 Å². The molecule has 178 valence electrons. The maximum Gasteiger partial charge on any atom is 0.292 e. The second-order valence-corrected chi connectivity index (χ2v) is 8.13. The number of nitrogens with zero attached hydrogens (tertiary/aromatic N) is 5. The minimum atomic E-state index is -3.06. The highest BCUT2D eigenvalue weighted by Crippen LogP contribution is 2.39. The standard InChI is InChI=1S/C23H17F3N6O3/c1-31-7-5-14(30-31)22-29-17(21(25)26)20(35-22)23(33)32-8-6-13-16(28-10-27-13)18(32)15-9-11-3-2-4-12(24)19(11)34-15/h2-5,7,9-10,18,21H,6,8H2,1H3,(H,27,28)/t18-/m1/s1. The number of carbonyl (C=O) groups is 1. The Hall–Kier alpha value is -4.35. The summed E-state index contributed by atoms with van der Waals surface area (Å²) in [6.07, 6.45) is 0.424. The van der Waals surface area contributed by atoms with Gasteiger partial charge in [-0.2, -0.15) is 5.10 Å². The number of hydrogen-bond donors (Lipinski definition) is 1. The normalized spacial score (nSPS) is 15.8. The zero-order valence-electron chi connectivity index (χ0n) is 18.2. The van der Waals surface area contributed by atoms with Crippen molar-refractivity contribution in [2.75, 3.05) is 6.54 Å². The molecule has 0 saturated heterocycles. The van der Waals surface area contributed by atoms with Crippen molar-refractivity contribution in [3.8, 4) is 11.6 Å². The van der Waals surface area contributed by atoms with E-state index in [1.54, 1.807) is 31.4 Å². The second kappa shape index (κ2) is 7.86. The lowest BCUT2D eigenvalue weighted by molar-refractivity contribution is 0.0626. The number of nitrogens with one attached hydrogen (secondary N) is 1. The number of alkyl halides is 2. The van der Waals surface area contributed by atoms with Gasteiger partial charge < -0.3 is 18.7 Å². The predicted octanol–water partition coefficient (Wildman–Crippen LogP) is 4.41. The van der Waals surface area contributed by atoms with Gasteiger partial charge in [-0.3, -0.25) is 9.48 Å². The molecule has 9 nitrogen and oxygen atoms in total. The number of hydrogen-bond acceptors (Lipinski definition) is 6. The molecule has 12 heteroatoms. The van der Waals surface area contributed by atoms with Gasteiger partial charge in [0.25, 0.3) is 12.3 Å². The first-order valence-corrected chi connectivity index (χ1v) is 10.7. The highest BCUT2D eigenvalue weighted by Gasteiger charge is 2.40. The third kappa shape index (κ3) is 3.40. The van der Waals surface area contributed by atoms with Gasteiger partial charge in [-0.25, -0.2) is 23.1 Å². The number of amides is 1. The zero-order chi connectivity index (χ0) is 24.3. The Morgan fingerprint density at radius 2 is 2.11 bits per heavy atom. The quantitative estimate of drug-likeness (QED) is 0.407. The Morgan fingerprint density at radius 1 is 1.26 bits per heavy atom. The topological polar surface area (TPSA) is 106 Å². The van der Waals surface area contributed by atoms with Gasteiger partial charge in [0.2, 0.25) is 11.7 Å². The minimum absolute atomic E-state index is 0.0305. The molecule has 0 aliphatic carbocycles. The van der Waals surface area contributed by atoms with Crippen LogP contribution in [0, 0.1) is 5.82 Å². The van der Waals surface area contributed by atoms with Crippen LogP contribution in [0.1, 0.15) is 45.9 Å². The number of furan rings is 1. The van der Waals surface area contributed by atoms with Crippen molar-refractivity contribution in [1.29, 1.82) is 0 Å². The maximum absolute atomic E-state index is 14.3. The van der Waals surface area contributed by atoms with Gasteiger partial charge in [0.05, 0.1) is 12.0 Å². The van der Waals surface area contributed by atoms with E-state index in [1.807, 2.05) is 0 Å². The van der Waals surface area contributed by atoms with Crippen LogP contribution in [0.2, 0.25) is 0 Å². The highest BCUT2D eigenvalue weighted by molar-refractivity contribution is 5.94. The number of benzene rings is 1. The molecular formula is C23H17F3N6O3. The van der Waals surface area contributed by atoms with Crippen LogP contribution < -0.4 is 0 Å². The summed E-state index contributed by atoms with van der Waals surface area (Å²) >= 11 is 0. The van der Waals surface area contributed by atoms with E-state index >= 15 is 0 Å². The molecule has 5 heterocycles. The number of aromatic amines is 1. The van der Waals surface area contributed by atoms with Crippen LogP contribution in [-0.2, 0) is 13.5 Å². The SMILES string of the molecule is Cn1ccc(-c2nc(C(F)F)c(C(=O)N3CCc4[nH]cnc4[C@H]3c3cc4cccc(F)c4o3)o2)n1. The van der Waals surface area contributed by atoms with E-state index < -0.39 is 35.6 Å². The number of aryl methyl sites for hydroxylation is 1. The highest BCUT2D eigenvalue weighted by atomic mass is 19.3. The van der Waals surface area contributed by atoms with Gasteiger partial charge in [-0.1, -0.05) is 12.1 Å². The average molecular weight is 482 g/mol. The fourth-order valence-corrected chi connectivity index (χ4v) is 4.37. The number of aromatic nitrogens is 5. The number of carbonyl (C=O) groups excluding carboxylic acids is 1. The lowest BCUT2D eigenvalue weighted by atomic mass is 9.99. The molecule has 0 unspecified atom stereocenters. The van der Waals surface area contributed by atoms with Gasteiger partial charge in [0.1, 0.15) is 17.5 Å². The molecule has 1 amide bonds. The van der Waals surface area contributed by atoms with E-state index in [2.05, 4.69) is 20.1 Å². The van der Waals surface area contributed by atoms with Crippen LogP contribution in [0.5, 0.6) is 0 Å². The van der Waals surface area contributed by atoms with Crippen molar-refractivity contribution >= 4 is 16.9 Å². The molecule has 0 spiro atoms. The molecule has 35 heavy (non-hydrogen) atoms. The molecule has 5 aromatic rings. The van der Waals surface area contributed by atoms with E-state index in [0.29, 0.717) is 17.5 Å². The molecule has 1 aliphatic heterocycles. The largest absolute Gasteiger partial charge is 0.455 e. The van der Waals surface area contributed by atoms with E-state index in [1.165, 1.54) is 28.0 Å². The summed E-state index contributed by atoms with van der Waals surface area (Å²) in [6, 6.07) is 6.75. The van der Waals surface area contributed by atoms with E-state index in [4.69, 9.17) is 8.83 Å². The molecule has 0 bridgehead atoms. The Labute approximate surface area is 195 Å². The molecule has 1 atom stereocenters. The third-order valence-electron chi connectivity index (χ3n) is 5.96. The van der Waals surface area contributed by atoms with Crippen LogP contribution in [0.25, 0.3) is 22.6 Å². The van der Waals surface area contributed by atoms with Gasteiger partial charge in [-0.15, -0.1) is 0 Å². The first-order chi connectivity index (χ1) is 16.9. The van der Waals surface area contributed by atoms with Crippen LogP contribution in [0.15, 0.2) is 51.7 Å². The van der Waals surface area contributed by atoms with Gasteiger partial charge >= 0.3 is 0 Å². The lowest BCUT2D eigenvalue weighted by Crippen LogP contribution is -2.40. The summed E-state index contributed by atoms with van der Waals surface area (Å²) in [7, 11) is 1.66. The van der Waals surface area contributed by atoms with Gasteiger partial charge in [-0.05, 0) is 18.2 Å². The number of halogens is 3. The van der Waals surface area contributed by atoms with Crippen LogP contribution in [-0.4, -0.2) is 42.1 Å². The molecule has 6 rings (SSSR count). The van der Waals surface area contributed by atoms with Crippen LogP contribution in [0.4, 0.5) is 13.2 Å². The molecule has 0 radical (unpaired) electrons. The first-order valence-electron chi connectivity index (χ1n) is 10.7. The zero-order valence-corrected chi connectivity index (χ0v) is 18.2. The fourth-order valence-electron chi connectivity index (χ4n) is 4.37. The van der Waals surface area contributed by atoms with E-state index in [0.717, 1.165) is 5.69 Å². The van der Waals surface area contributed by atoms with Crippen molar-refractivity contribution in [2.24, 2.45) is 7.05 Å². The van der Waals surface area contributed by atoms with Crippen molar-refractivity contribution in [3.05, 3.63) is 77.3 Å². The number of imidazole rings is 1. The van der Waals surface area contributed by atoms with Crippen molar-refractivity contribution in [1.82, 2.24) is 29.6 Å². The molecule has 4 aromatic heterocycles. The Bertz CT molecular complexity index is 1570. The van der Waals surface area contributed by atoms with Gasteiger partial charge in [0, 0.05) is 37.3 Å². The first kappa shape index (κ1) is 21.2. The average Bonchev–Trinajstić information content (AvgIpc) is 3.62. The minimum Gasteiger partial charge on any atom is -0.455 e. The van der Waals surface area contributed by atoms with Gasteiger partial charge in [0.15, 0.2) is 17.1 Å². The molecular weight excluding hydrogens is 465 g/mol. The van der Waals surface area contributed by atoms with Crippen LogP contribution in [0.3, 0.4) is 0 Å². The number of para-hydroxylation sites is 1. The van der Waals surface area contributed by atoms with Crippen molar-refractivity contribution < 1.29 is 26.8 Å². The Kier molecular flexibility index (Phi) is 4.76. The maximum atomic E-state index is 14.3. The van der Waals surface area contributed by atoms with Crippen LogP contribution >= 0.6 is 0 Å². The molecule has 0 saturated carbocycles. The summed E-state index contributed by atoms with van der Waals surface area (Å²) in [5, 5.41) is 4.61. The lowest BCUT2D eigenvalue weighted by Gasteiger charge is -2.33. The number of fused-ring (bicyclic) bond motifs is 2.